The molecular weight excluding hydrogens is 292 g/mol. The van der Waals surface area contributed by atoms with Crippen LogP contribution in [-0.4, -0.2) is 26.4 Å². The van der Waals surface area contributed by atoms with Gasteiger partial charge in [-0.2, -0.15) is 0 Å². The zero-order valence-electron chi connectivity index (χ0n) is 12.5. The van der Waals surface area contributed by atoms with Crippen molar-refractivity contribution < 1.29 is 0 Å². The molecule has 0 bridgehead atoms. The van der Waals surface area contributed by atoms with Gasteiger partial charge in [0.2, 0.25) is 0 Å². The van der Waals surface area contributed by atoms with Crippen LogP contribution >= 0.6 is 12.2 Å². The summed E-state index contributed by atoms with van der Waals surface area (Å²) in [5.41, 5.74) is 6.36. The zero-order valence-corrected chi connectivity index (χ0v) is 13.3. The lowest BCUT2D eigenvalue weighted by Gasteiger charge is -2.27. The van der Waals surface area contributed by atoms with Gasteiger partial charge in [0.05, 0.1) is 0 Å². The number of H-pyrrole nitrogens is 2. The number of aryl methyl sites for hydroxylation is 1. The van der Waals surface area contributed by atoms with Gasteiger partial charge in [0.1, 0.15) is 0 Å². The number of rotatable bonds is 2. The fourth-order valence-corrected chi connectivity index (χ4v) is 3.39. The lowest BCUT2D eigenvalue weighted by Crippen LogP contribution is -2.30. The molecule has 112 valence electrons. The Balaban J connectivity index is 1.59. The van der Waals surface area contributed by atoms with Crippen molar-refractivity contribution in [1.82, 2.24) is 19.9 Å². The van der Waals surface area contributed by atoms with Gasteiger partial charge in [-0.25, -0.2) is 4.98 Å². The molecule has 0 atom stereocenters. The Morgan fingerprint density at radius 1 is 1.36 bits per heavy atom. The molecule has 22 heavy (non-hydrogen) atoms. The molecule has 0 saturated carbocycles. The summed E-state index contributed by atoms with van der Waals surface area (Å²) >= 11 is 5.10. The molecule has 0 saturated heterocycles. The van der Waals surface area contributed by atoms with E-state index in [1.54, 1.807) is 0 Å². The largest absolute Gasteiger partial charge is 0.361 e. The molecule has 0 radical (unpaired) electrons. The lowest BCUT2D eigenvalue weighted by atomic mass is 10.1. The third-order valence-corrected chi connectivity index (χ3v) is 4.58. The molecular formula is C17H18N4S. The van der Waals surface area contributed by atoms with E-state index >= 15 is 0 Å². The number of nitrogens with one attached hydrogen (secondary N) is 2. The van der Waals surface area contributed by atoms with E-state index in [1.807, 2.05) is 6.20 Å². The first kappa shape index (κ1) is 13.7. The SMILES string of the molecule is Cc1ccc2c(CN3CCc4[nH]c(=S)ncc4C3)c[nH]c2c1. The van der Waals surface area contributed by atoms with E-state index in [4.69, 9.17) is 12.2 Å². The van der Waals surface area contributed by atoms with E-state index in [-0.39, 0.29) is 0 Å². The first-order chi connectivity index (χ1) is 10.7. The van der Waals surface area contributed by atoms with Crippen LogP contribution in [0.4, 0.5) is 0 Å². The molecule has 1 aliphatic heterocycles. The normalized spacial score (nSPS) is 15.1. The van der Waals surface area contributed by atoms with Crippen molar-refractivity contribution >= 4 is 23.1 Å². The number of aromatic nitrogens is 3. The predicted molar refractivity (Wildman–Crippen MR) is 90.3 cm³/mol. The second-order valence-electron chi connectivity index (χ2n) is 6.02. The van der Waals surface area contributed by atoms with Crippen molar-refractivity contribution in [2.45, 2.75) is 26.4 Å². The van der Waals surface area contributed by atoms with E-state index < -0.39 is 0 Å². The van der Waals surface area contributed by atoms with Gasteiger partial charge < -0.3 is 9.97 Å². The van der Waals surface area contributed by atoms with Gasteiger partial charge in [0.25, 0.3) is 0 Å². The van der Waals surface area contributed by atoms with Gasteiger partial charge in [0.15, 0.2) is 4.77 Å². The van der Waals surface area contributed by atoms with E-state index in [2.05, 4.69) is 51.2 Å². The Morgan fingerprint density at radius 2 is 2.27 bits per heavy atom. The smallest absolute Gasteiger partial charge is 0.196 e. The molecule has 3 heterocycles. The molecule has 0 spiro atoms. The van der Waals surface area contributed by atoms with Crippen molar-refractivity contribution in [1.29, 1.82) is 0 Å². The topological polar surface area (TPSA) is 47.7 Å². The molecule has 4 rings (SSSR count). The molecule has 0 fully saturated rings. The summed E-state index contributed by atoms with van der Waals surface area (Å²) in [6.45, 7) is 5.05. The highest BCUT2D eigenvalue weighted by atomic mass is 32.1. The van der Waals surface area contributed by atoms with Crippen LogP contribution in [0.2, 0.25) is 0 Å². The Labute approximate surface area is 134 Å². The average molecular weight is 310 g/mol. The summed E-state index contributed by atoms with van der Waals surface area (Å²) in [7, 11) is 0. The monoisotopic (exact) mass is 310 g/mol. The van der Waals surface area contributed by atoms with Gasteiger partial charge in [0, 0.05) is 60.6 Å². The second kappa shape index (κ2) is 5.34. The van der Waals surface area contributed by atoms with E-state index in [0.717, 1.165) is 26.1 Å². The maximum Gasteiger partial charge on any atom is 0.196 e. The standard InChI is InChI=1S/C17H18N4S/c1-11-2-3-14-12(7-18-16(14)6-11)9-21-5-4-15-13(10-21)8-19-17(22)20-15/h2-3,6-8,18H,4-5,9-10H2,1H3,(H,19,20,22). The average Bonchev–Trinajstić information content (AvgIpc) is 2.89. The van der Waals surface area contributed by atoms with Crippen LogP contribution in [0.3, 0.4) is 0 Å². The molecule has 4 nitrogen and oxygen atoms in total. The molecule has 0 aliphatic carbocycles. The molecule has 2 N–H and O–H groups in total. The lowest BCUT2D eigenvalue weighted by molar-refractivity contribution is 0.243. The summed E-state index contributed by atoms with van der Waals surface area (Å²) < 4.78 is 0.583. The maximum atomic E-state index is 5.10. The Morgan fingerprint density at radius 3 is 3.18 bits per heavy atom. The third kappa shape index (κ3) is 2.46. The number of fused-ring (bicyclic) bond motifs is 2. The van der Waals surface area contributed by atoms with Crippen LogP contribution in [0.25, 0.3) is 10.9 Å². The number of benzene rings is 1. The van der Waals surface area contributed by atoms with Crippen LogP contribution in [-0.2, 0) is 19.5 Å². The zero-order chi connectivity index (χ0) is 15.1. The molecule has 5 heteroatoms. The fourth-order valence-electron chi connectivity index (χ4n) is 3.21. The molecule has 1 aliphatic rings. The Hall–Kier alpha value is -1.98. The number of aromatic amines is 2. The van der Waals surface area contributed by atoms with E-state index in [1.165, 1.54) is 33.3 Å². The maximum absolute atomic E-state index is 5.10. The summed E-state index contributed by atoms with van der Waals surface area (Å²) in [6.07, 6.45) is 5.05. The highest BCUT2D eigenvalue weighted by molar-refractivity contribution is 7.71. The third-order valence-electron chi connectivity index (χ3n) is 4.37. The predicted octanol–water partition coefficient (Wildman–Crippen LogP) is 3.49. The Bertz CT molecular complexity index is 893. The highest BCUT2D eigenvalue weighted by Crippen LogP contribution is 2.23. The minimum Gasteiger partial charge on any atom is -0.361 e. The number of nitrogens with zero attached hydrogens (tertiary/aromatic N) is 2. The van der Waals surface area contributed by atoms with Crippen LogP contribution in [0.1, 0.15) is 22.4 Å². The van der Waals surface area contributed by atoms with Crippen LogP contribution in [0.15, 0.2) is 30.6 Å². The van der Waals surface area contributed by atoms with Crippen molar-refractivity contribution in [2.24, 2.45) is 0 Å². The van der Waals surface area contributed by atoms with Gasteiger partial charge in [-0.15, -0.1) is 0 Å². The van der Waals surface area contributed by atoms with Gasteiger partial charge in [-0.1, -0.05) is 12.1 Å². The summed E-state index contributed by atoms with van der Waals surface area (Å²) in [6, 6.07) is 6.59. The van der Waals surface area contributed by atoms with Gasteiger partial charge in [-0.3, -0.25) is 4.90 Å². The quantitative estimate of drug-likeness (QED) is 0.712. The molecule has 3 aromatic rings. The van der Waals surface area contributed by atoms with E-state index in [9.17, 15) is 0 Å². The van der Waals surface area contributed by atoms with Gasteiger partial charge >= 0.3 is 0 Å². The number of hydrogen-bond acceptors (Lipinski definition) is 3. The second-order valence-corrected chi connectivity index (χ2v) is 6.40. The summed E-state index contributed by atoms with van der Waals surface area (Å²) in [4.78, 5) is 13.3. The molecule has 1 aromatic carbocycles. The molecule has 0 amide bonds. The van der Waals surface area contributed by atoms with Crippen molar-refractivity contribution in [3.05, 3.63) is 57.7 Å². The summed E-state index contributed by atoms with van der Waals surface area (Å²) in [5, 5.41) is 1.32. The first-order valence-corrected chi connectivity index (χ1v) is 7.96. The van der Waals surface area contributed by atoms with Crippen molar-refractivity contribution in [2.75, 3.05) is 6.54 Å². The minimum absolute atomic E-state index is 0.583. The molecule has 0 unspecified atom stereocenters. The van der Waals surface area contributed by atoms with Crippen LogP contribution in [0.5, 0.6) is 0 Å². The van der Waals surface area contributed by atoms with Crippen LogP contribution < -0.4 is 0 Å². The first-order valence-electron chi connectivity index (χ1n) is 7.55. The minimum atomic E-state index is 0.583. The van der Waals surface area contributed by atoms with Crippen LogP contribution in [0, 0.1) is 11.7 Å². The van der Waals surface area contributed by atoms with E-state index in [0.29, 0.717) is 4.77 Å². The van der Waals surface area contributed by atoms with Crippen molar-refractivity contribution in [3.8, 4) is 0 Å². The fraction of sp³-hybridized carbons (Fsp3) is 0.294. The summed E-state index contributed by atoms with van der Waals surface area (Å²) in [5.74, 6) is 0. The Kier molecular flexibility index (Phi) is 3.32. The van der Waals surface area contributed by atoms with Crippen molar-refractivity contribution in [3.63, 3.8) is 0 Å². The number of hydrogen-bond donors (Lipinski definition) is 2. The highest BCUT2D eigenvalue weighted by Gasteiger charge is 2.18. The van der Waals surface area contributed by atoms with Gasteiger partial charge in [-0.05, 0) is 36.3 Å². The molecule has 2 aromatic heterocycles.